The molecule has 1 rings (SSSR count). The van der Waals surface area contributed by atoms with Gasteiger partial charge in [0, 0.05) is 26.3 Å². The zero-order valence-electron chi connectivity index (χ0n) is 12.9. The minimum atomic E-state index is -0.245. The van der Waals surface area contributed by atoms with E-state index in [-0.39, 0.29) is 35.9 Å². The topological polar surface area (TPSA) is 75.6 Å². The highest BCUT2D eigenvalue weighted by Crippen LogP contribution is 2.05. The van der Waals surface area contributed by atoms with Crippen molar-refractivity contribution in [2.75, 3.05) is 27.2 Å². The van der Waals surface area contributed by atoms with E-state index in [4.69, 9.17) is 11.6 Å². The Labute approximate surface area is 153 Å². The van der Waals surface area contributed by atoms with E-state index in [0.29, 0.717) is 24.2 Å². The van der Waals surface area contributed by atoms with Crippen molar-refractivity contribution in [2.24, 2.45) is 10.9 Å². The van der Waals surface area contributed by atoms with Gasteiger partial charge < -0.3 is 15.4 Å². The Morgan fingerprint density at radius 2 is 2.18 bits per heavy atom. The Balaban J connectivity index is 0.00000441. The zero-order valence-corrected chi connectivity index (χ0v) is 16.0. The number of hydrogen-bond acceptors (Lipinski definition) is 4. The second-order valence-corrected chi connectivity index (χ2v) is 4.93. The number of esters is 1. The maximum absolute atomic E-state index is 11.3. The molecule has 1 unspecified atom stereocenters. The Hall–Kier alpha value is -1.09. The summed E-state index contributed by atoms with van der Waals surface area (Å²) in [7, 11) is 3.06. The molecule has 0 aliphatic heterocycles. The molecular formula is C14H22ClIN4O2. The highest BCUT2D eigenvalue weighted by Gasteiger charge is 2.13. The van der Waals surface area contributed by atoms with Crippen molar-refractivity contribution in [2.45, 2.75) is 13.3 Å². The predicted molar refractivity (Wildman–Crippen MR) is 98.9 cm³/mol. The van der Waals surface area contributed by atoms with Gasteiger partial charge in [-0.15, -0.1) is 24.0 Å². The first-order valence-electron chi connectivity index (χ1n) is 6.69. The second-order valence-electron chi connectivity index (χ2n) is 4.54. The van der Waals surface area contributed by atoms with Crippen molar-refractivity contribution in [1.82, 2.24) is 15.6 Å². The van der Waals surface area contributed by atoms with Gasteiger partial charge in [0.15, 0.2) is 5.96 Å². The maximum Gasteiger partial charge on any atom is 0.310 e. The summed E-state index contributed by atoms with van der Waals surface area (Å²) in [6.45, 7) is 2.97. The second kappa shape index (κ2) is 11.5. The van der Waals surface area contributed by atoms with Gasteiger partial charge in [0.25, 0.3) is 0 Å². The number of carbonyl (C=O) groups is 1. The van der Waals surface area contributed by atoms with Gasteiger partial charge in [-0.05, 0) is 18.1 Å². The van der Waals surface area contributed by atoms with Crippen LogP contribution in [0.1, 0.15) is 12.5 Å². The van der Waals surface area contributed by atoms with Gasteiger partial charge in [-0.25, -0.2) is 4.98 Å². The van der Waals surface area contributed by atoms with E-state index in [1.54, 1.807) is 26.2 Å². The molecule has 0 aliphatic carbocycles. The number of carbonyl (C=O) groups excluding carboxylic acids is 1. The van der Waals surface area contributed by atoms with Gasteiger partial charge in [0.2, 0.25) is 0 Å². The molecule has 0 bridgehead atoms. The Morgan fingerprint density at radius 3 is 2.73 bits per heavy atom. The van der Waals surface area contributed by atoms with Crippen molar-refractivity contribution < 1.29 is 9.53 Å². The molecule has 124 valence electrons. The van der Waals surface area contributed by atoms with Gasteiger partial charge in [0.1, 0.15) is 5.15 Å². The first kappa shape index (κ1) is 20.9. The fraction of sp³-hybridized carbons (Fsp3) is 0.500. The molecule has 0 aliphatic rings. The molecule has 0 aromatic carbocycles. The molecule has 0 spiro atoms. The first-order valence-corrected chi connectivity index (χ1v) is 7.07. The molecule has 6 nitrogen and oxygen atoms in total. The van der Waals surface area contributed by atoms with E-state index in [1.165, 1.54) is 7.11 Å². The molecule has 1 aromatic heterocycles. The zero-order chi connectivity index (χ0) is 15.7. The van der Waals surface area contributed by atoms with Gasteiger partial charge in [-0.2, -0.15) is 0 Å². The fourth-order valence-corrected chi connectivity index (χ4v) is 1.75. The standard InChI is InChI=1S/C14H21ClN4O2.HI/c1-10(13(20)21-3)8-19-14(16-2)17-7-6-11-4-5-12(15)18-9-11;/h4-5,9-10H,6-8H2,1-3H3,(H2,16,17,19);1H. The lowest BCUT2D eigenvalue weighted by Gasteiger charge is -2.14. The smallest absolute Gasteiger partial charge is 0.310 e. The van der Waals surface area contributed by atoms with Crippen LogP contribution in [0.25, 0.3) is 0 Å². The highest BCUT2D eigenvalue weighted by molar-refractivity contribution is 14.0. The van der Waals surface area contributed by atoms with Gasteiger partial charge in [0.05, 0.1) is 13.0 Å². The molecule has 0 radical (unpaired) electrons. The Kier molecular flexibility index (Phi) is 10.9. The molecule has 1 heterocycles. The largest absolute Gasteiger partial charge is 0.469 e. The van der Waals surface area contributed by atoms with Crippen molar-refractivity contribution in [3.8, 4) is 0 Å². The highest BCUT2D eigenvalue weighted by atomic mass is 127. The molecule has 1 atom stereocenters. The van der Waals surface area contributed by atoms with E-state index in [0.717, 1.165) is 12.0 Å². The molecule has 22 heavy (non-hydrogen) atoms. The van der Waals surface area contributed by atoms with Crippen LogP contribution in [0, 0.1) is 5.92 Å². The molecule has 0 fully saturated rings. The third-order valence-electron chi connectivity index (χ3n) is 2.90. The van der Waals surface area contributed by atoms with Crippen LogP contribution in [0.3, 0.4) is 0 Å². The predicted octanol–water partition coefficient (Wildman–Crippen LogP) is 1.87. The average molecular weight is 441 g/mol. The van der Waals surface area contributed by atoms with E-state index in [9.17, 15) is 4.79 Å². The minimum absolute atomic E-state index is 0. The van der Waals surface area contributed by atoms with Crippen LogP contribution >= 0.6 is 35.6 Å². The summed E-state index contributed by atoms with van der Waals surface area (Å²) in [4.78, 5) is 19.4. The number of aromatic nitrogens is 1. The van der Waals surface area contributed by atoms with E-state index >= 15 is 0 Å². The number of rotatable bonds is 6. The van der Waals surface area contributed by atoms with Crippen LogP contribution < -0.4 is 10.6 Å². The summed E-state index contributed by atoms with van der Waals surface area (Å²) in [6, 6.07) is 3.70. The van der Waals surface area contributed by atoms with Crippen molar-refractivity contribution in [3.63, 3.8) is 0 Å². The summed E-state index contributed by atoms with van der Waals surface area (Å²) >= 11 is 5.73. The summed E-state index contributed by atoms with van der Waals surface area (Å²) in [5.74, 6) is 0.173. The van der Waals surface area contributed by atoms with Crippen LogP contribution in [0.4, 0.5) is 0 Å². The SMILES string of the molecule is CN=C(NCCc1ccc(Cl)nc1)NCC(C)C(=O)OC.I. The van der Waals surface area contributed by atoms with Gasteiger partial charge in [-0.1, -0.05) is 24.6 Å². The Bertz CT molecular complexity index is 482. The van der Waals surface area contributed by atoms with Crippen LogP contribution in [0.5, 0.6) is 0 Å². The molecule has 2 N–H and O–H groups in total. The normalized spacial score (nSPS) is 12.1. The average Bonchev–Trinajstić information content (AvgIpc) is 2.51. The van der Waals surface area contributed by atoms with E-state index < -0.39 is 0 Å². The first-order chi connectivity index (χ1) is 10.1. The summed E-state index contributed by atoms with van der Waals surface area (Å²) < 4.78 is 4.67. The number of hydrogen-bond donors (Lipinski definition) is 2. The number of ether oxygens (including phenoxy) is 1. The third kappa shape index (κ3) is 7.79. The van der Waals surface area contributed by atoms with Gasteiger partial charge in [-0.3, -0.25) is 9.79 Å². The van der Waals surface area contributed by atoms with Crippen LogP contribution in [0.15, 0.2) is 23.3 Å². The third-order valence-corrected chi connectivity index (χ3v) is 3.12. The number of nitrogens with one attached hydrogen (secondary N) is 2. The number of aliphatic imine (C=N–C) groups is 1. The monoisotopic (exact) mass is 440 g/mol. The lowest BCUT2D eigenvalue weighted by molar-refractivity contribution is -0.144. The van der Waals surface area contributed by atoms with Crippen molar-refractivity contribution in [1.29, 1.82) is 0 Å². The fourth-order valence-electron chi connectivity index (χ4n) is 1.63. The van der Waals surface area contributed by atoms with Crippen LogP contribution in [-0.4, -0.2) is 44.2 Å². The van der Waals surface area contributed by atoms with Crippen molar-refractivity contribution >= 4 is 47.5 Å². The number of methoxy groups -OCH3 is 1. The van der Waals surface area contributed by atoms with Crippen LogP contribution in [-0.2, 0) is 16.0 Å². The summed E-state index contributed by atoms with van der Waals surface area (Å²) in [5, 5.41) is 6.74. The van der Waals surface area contributed by atoms with Crippen LogP contribution in [0.2, 0.25) is 5.15 Å². The quantitative estimate of drug-likeness (QED) is 0.232. The number of nitrogens with zero attached hydrogens (tertiary/aromatic N) is 2. The molecule has 0 saturated carbocycles. The molecule has 8 heteroatoms. The molecule has 0 amide bonds. The Morgan fingerprint density at radius 1 is 1.45 bits per heavy atom. The summed E-state index contributed by atoms with van der Waals surface area (Å²) in [5.41, 5.74) is 1.09. The molecule has 1 aromatic rings. The van der Waals surface area contributed by atoms with E-state index in [1.807, 2.05) is 6.07 Å². The lowest BCUT2D eigenvalue weighted by atomic mass is 10.2. The minimum Gasteiger partial charge on any atom is -0.469 e. The lowest BCUT2D eigenvalue weighted by Crippen LogP contribution is -2.41. The number of halogens is 2. The summed E-state index contributed by atoms with van der Waals surface area (Å²) in [6.07, 6.45) is 2.55. The molecular weight excluding hydrogens is 419 g/mol. The molecule has 0 saturated heterocycles. The number of pyridine rings is 1. The van der Waals surface area contributed by atoms with Gasteiger partial charge >= 0.3 is 5.97 Å². The maximum atomic E-state index is 11.3. The number of guanidine groups is 1. The van der Waals surface area contributed by atoms with Crippen molar-refractivity contribution in [3.05, 3.63) is 29.0 Å². The van der Waals surface area contributed by atoms with E-state index in [2.05, 4.69) is 25.3 Å².